The number of hydrogen-bond acceptors (Lipinski definition) is 6. The minimum Gasteiger partial charge on any atom is -0.609 e. The second-order valence-electron chi connectivity index (χ2n) is 5.42. The molecule has 3 aromatic heterocycles. The lowest BCUT2D eigenvalue weighted by atomic mass is 10.2. The number of benzene rings is 1. The van der Waals surface area contributed by atoms with Crippen LogP contribution in [0, 0.1) is 0 Å². The number of aromatic nitrogens is 4. The van der Waals surface area contributed by atoms with E-state index < -0.39 is 11.2 Å². The van der Waals surface area contributed by atoms with E-state index in [4.69, 9.17) is 16.3 Å². The lowest BCUT2D eigenvalue weighted by Crippen LogP contribution is -2.10. The minimum absolute atomic E-state index is 0.123. The van der Waals surface area contributed by atoms with Crippen LogP contribution in [0.15, 0.2) is 52.4 Å². The number of H-pyrrole nitrogens is 1. The molecule has 4 aromatic rings. The van der Waals surface area contributed by atoms with Crippen molar-refractivity contribution in [1.29, 1.82) is 0 Å². The first-order valence-corrected chi connectivity index (χ1v) is 10.3. The highest BCUT2D eigenvalue weighted by molar-refractivity contribution is 7.90. The molecule has 3 heterocycles. The van der Waals surface area contributed by atoms with Gasteiger partial charge >= 0.3 is 5.16 Å². The summed E-state index contributed by atoms with van der Waals surface area (Å²) in [5.74, 6) is 0.783. The summed E-state index contributed by atoms with van der Waals surface area (Å²) >= 11 is 6.27. The third-order valence-corrected chi connectivity index (χ3v) is 5.70. The van der Waals surface area contributed by atoms with Gasteiger partial charge in [0.1, 0.15) is 17.1 Å². The van der Waals surface area contributed by atoms with Crippen LogP contribution in [0.3, 0.4) is 0 Å². The number of ether oxygens (including phenoxy) is 1. The Hall–Kier alpha value is -2.13. The number of nitrogens with zero attached hydrogens (tertiary/aromatic N) is 3. The van der Waals surface area contributed by atoms with Crippen molar-refractivity contribution < 1.29 is 9.29 Å². The van der Waals surface area contributed by atoms with Crippen LogP contribution < -0.4 is 4.74 Å². The fraction of sp³-hybridized carbons (Fsp3) is 0.118. The molecule has 1 N–H and O–H groups in total. The number of rotatable bonds is 6. The van der Waals surface area contributed by atoms with E-state index in [-0.39, 0.29) is 11.6 Å². The normalized spacial score (nSPS) is 12.4. The molecule has 4 rings (SSSR count). The second-order valence-corrected chi connectivity index (χ2v) is 7.93. The van der Waals surface area contributed by atoms with Crippen LogP contribution in [0.1, 0.15) is 11.4 Å². The van der Waals surface area contributed by atoms with Gasteiger partial charge in [0.15, 0.2) is 11.6 Å². The largest absolute Gasteiger partial charge is 0.609 e. The predicted octanol–water partition coefficient (Wildman–Crippen LogP) is 3.95. The molecule has 1 unspecified atom stereocenters. The molecule has 1 aromatic carbocycles. The molecule has 0 aliphatic carbocycles. The fourth-order valence-corrected chi connectivity index (χ4v) is 4.07. The SMILES string of the molecule is [O-][S+](Cc1ncc(Cl)c(OCc2ccccc2)n1)c1nc2cscc2[nH]1. The number of aromatic amines is 1. The number of imidazole rings is 1. The number of fused-ring (bicyclic) bond motifs is 1. The van der Waals surface area contributed by atoms with Gasteiger partial charge in [0.25, 0.3) is 0 Å². The molecule has 0 spiro atoms. The first-order valence-electron chi connectivity index (χ1n) is 7.67. The van der Waals surface area contributed by atoms with Crippen molar-refractivity contribution in [1.82, 2.24) is 19.9 Å². The molecule has 0 aliphatic rings. The summed E-state index contributed by atoms with van der Waals surface area (Å²) < 4.78 is 18.2. The van der Waals surface area contributed by atoms with Crippen molar-refractivity contribution in [3.63, 3.8) is 0 Å². The standard InChI is InChI=1S/C17H13ClN4O2S2/c18-12-6-19-15(22-16(12)24-7-11-4-2-1-3-5-11)10-26(23)17-20-13-8-25-9-14(13)21-17/h1-6,8-9H,7,10H2,(H,20,21). The quantitative estimate of drug-likeness (QED) is 0.491. The van der Waals surface area contributed by atoms with Crippen molar-refractivity contribution >= 4 is 45.1 Å². The van der Waals surface area contributed by atoms with Gasteiger partial charge in [-0.2, -0.15) is 9.97 Å². The summed E-state index contributed by atoms with van der Waals surface area (Å²) in [6, 6.07) is 9.71. The summed E-state index contributed by atoms with van der Waals surface area (Å²) in [5, 5.41) is 4.56. The molecule has 26 heavy (non-hydrogen) atoms. The molecule has 0 saturated heterocycles. The Bertz CT molecular complexity index is 993. The number of thiophene rings is 1. The molecule has 6 nitrogen and oxygen atoms in total. The maximum absolute atomic E-state index is 12.5. The van der Waals surface area contributed by atoms with E-state index in [9.17, 15) is 4.55 Å². The van der Waals surface area contributed by atoms with Crippen LogP contribution in [-0.4, -0.2) is 24.5 Å². The Balaban J connectivity index is 1.47. The van der Waals surface area contributed by atoms with Crippen molar-refractivity contribution in [3.05, 3.63) is 63.7 Å². The van der Waals surface area contributed by atoms with Crippen molar-refractivity contribution in [2.75, 3.05) is 0 Å². The van der Waals surface area contributed by atoms with Crippen LogP contribution in [0.4, 0.5) is 0 Å². The molecular formula is C17H13ClN4O2S2. The summed E-state index contributed by atoms with van der Waals surface area (Å²) in [6.45, 7) is 0.342. The van der Waals surface area contributed by atoms with E-state index in [2.05, 4.69) is 19.9 Å². The average Bonchev–Trinajstić information content (AvgIpc) is 3.25. The van der Waals surface area contributed by atoms with Crippen LogP contribution in [-0.2, 0) is 23.5 Å². The Labute approximate surface area is 161 Å². The van der Waals surface area contributed by atoms with E-state index in [0.717, 1.165) is 16.6 Å². The lowest BCUT2D eigenvalue weighted by molar-refractivity contribution is 0.292. The summed E-state index contributed by atoms with van der Waals surface area (Å²) in [4.78, 5) is 15.8. The van der Waals surface area contributed by atoms with Gasteiger partial charge in [-0.1, -0.05) is 41.9 Å². The summed E-state index contributed by atoms with van der Waals surface area (Å²) in [5.41, 5.74) is 2.69. The van der Waals surface area contributed by atoms with Gasteiger partial charge in [-0.25, -0.2) is 4.98 Å². The van der Waals surface area contributed by atoms with Crippen molar-refractivity contribution in [2.45, 2.75) is 17.5 Å². The molecule has 0 fully saturated rings. The van der Waals surface area contributed by atoms with Gasteiger partial charge in [-0.05, 0) is 5.56 Å². The maximum atomic E-state index is 12.5. The Kier molecular flexibility index (Phi) is 5.07. The zero-order chi connectivity index (χ0) is 17.9. The van der Waals surface area contributed by atoms with Crippen LogP contribution in [0.2, 0.25) is 5.02 Å². The van der Waals surface area contributed by atoms with E-state index in [1.807, 2.05) is 41.1 Å². The van der Waals surface area contributed by atoms with E-state index in [1.54, 1.807) is 11.3 Å². The van der Waals surface area contributed by atoms with Gasteiger partial charge in [-0.3, -0.25) is 4.98 Å². The summed E-state index contributed by atoms with van der Waals surface area (Å²) in [7, 11) is 0. The molecule has 1 atom stereocenters. The van der Waals surface area contributed by atoms with Crippen LogP contribution >= 0.6 is 22.9 Å². The summed E-state index contributed by atoms with van der Waals surface area (Å²) in [6.07, 6.45) is 1.46. The highest BCUT2D eigenvalue weighted by Crippen LogP contribution is 2.24. The molecule has 0 radical (unpaired) electrons. The van der Waals surface area contributed by atoms with Crippen molar-refractivity contribution in [3.8, 4) is 5.88 Å². The first-order chi connectivity index (χ1) is 12.7. The Morgan fingerprint density at radius 1 is 1.19 bits per heavy atom. The smallest absolute Gasteiger partial charge is 0.322 e. The van der Waals surface area contributed by atoms with E-state index >= 15 is 0 Å². The molecule has 0 saturated carbocycles. The minimum atomic E-state index is -1.39. The van der Waals surface area contributed by atoms with Gasteiger partial charge in [0.05, 0.1) is 11.7 Å². The number of halogens is 1. The van der Waals surface area contributed by atoms with Gasteiger partial charge in [0.2, 0.25) is 5.88 Å². The Morgan fingerprint density at radius 3 is 2.85 bits per heavy atom. The lowest BCUT2D eigenvalue weighted by Gasteiger charge is -2.09. The van der Waals surface area contributed by atoms with Gasteiger partial charge in [0, 0.05) is 21.9 Å². The van der Waals surface area contributed by atoms with Gasteiger partial charge in [-0.15, -0.1) is 11.3 Å². The van der Waals surface area contributed by atoms with Crippen molar-refractivity contribution in [2.24, 2.45) is 0 Å². The Morgan fingerprint density at radius 2 is 2.04 bits per heavy atom. The predicted molar refractivity (Wildman–Crippen MR) is 102 cm³/mol. The van der Waals surface area contributed by atoms with Crippen LogP contribution in [0.25, 0.3) is 11.0 Å². The maximum Gasteiger partial charge on any atom is 0.322 e. The number of hydrogen-bond donors (Lipinski definition) is 1. The zero-order valence-corrected chi connectivity index (χ0v) is 15.8. The monoisotopic (exact) mass is 404 g/mol. The highest BCUT2D eigenvalue weighted by Gasteiger charge is 2.20. The highest BCUT2D eigenvalue weighted by atomic mass is 35.5. The van der Waals surface area contributed by atoms with E-state index in [1.165, 1.54) is 6.20 Å². The molecule has 0 amide bonds. The zero-order valence-electron chi connectivity index (χ0n) is 13.4. The first kappa shape index (κ1) is 17.3. The third-order valence-electron chi connectivity index (χ3n) is 3.56. The van der Waals surface area contributed by atoms with E-state index in [0.29, 0.717) is 22.6 Å². The molecule has 0 bridgehead atoms. The number of nitrogens with one attached hydrogen (secondary N) is 1. The van der Waals surface area contributed by atoms with Crippen LogP contribution in [0.5, 0.6) is 5.88 Å². The van der Waals surface area contributed by atoms with Gasteiger partial charge < -0.3 is 9.29 Å². The molecule has 0 aliphatic heterocycles. The topological polar surface area (TPSA) is 86.8 Å². The average molecular weight is 405 g/mol. The second kappa shape index (κ2) is 7.63. The molecular weight excluding hydrogens is 392 g/mol. The fourth-order valence-electron chi connectivity index (χ4n) is 2.30. The third kappa shape index (κ3) is 3.83. The molecule has 9 heteroatoms. The molecule has 132 valence electrons.